The van der Waals surface area contributed by atoms with Crippen molar-refractivity contribution in [3.05, 3.63) is 83.8 Å². The first-order valence-electron chi connectivity index (χ1n) is 9.06. The monoisotopic (exact) mass is 394 g/mol. The maximum absolute atomic E-state index is 4.49. The quantitative estimate of drug-likeness (QED) is 0.286. The minimum atomic E-state index is 1.06. The van der Waals surface area contributed by atoms with E-state index in [1.165, 1.54) is 43.4 Å². The summed E-state index contributed by atoms with van der Waals surface area (Å²) in [5.74, 6) is 0. The fourth-order valence-electron chi connectivity index (χ4n) is 3.95. The molecule has 2 nitrogen and oxygen atoms in total. The fourth-order valence-corrected chi connectivity index (χ4v) is 5.23. The molecule has 0 unspecified atom stereocenters. The molecule has 0 fully saturated rings. The molecule has 0 N–H and O–H groups in total. The van der Waals surface area contributed by atoms with Gasteiger partial charge >= 0.3 is 0 Å². The Balaban J connectivity index is 1.73. The highest BCUT2D eigenvalue weighted by atomic mass is 32.1. The summed E-state index contributed by atoms with van der Waals surface area (Å²) in [5, 5.41) is 13.8. The van der Waals surface area contributed by atoms with E-state index in [0.717, 1.165) is 10.0 Å². The highest BCUT2D eigenvalue weighted by Crippen LogP contribution is 2.39. The average Bonchev–Trinajstić information content (AvgIpc) is 3.47. The Kier molecular flexibility index (Phi) is 3.54. The van der Waals surface area contributed by atoms with Crippen LogP contribution in [0.1, 0.15) is 0 Å². The zero-order valence-corrected chi connectivity index (χ0v) is 16.4. The maximum atomic E-state index is 4.49. The van der Waals surface area contributed by atoms with Crippen LogP contribution in [0.15, 0.2) is 83.8 Å². The van der Waals surface area contributed by atoms with Crippen LogP contribution in [0.2, 0.25) is 0 Å². The third kappa shape index (κ3) is 2.39. The van der Waals surface area contributed by atoms with Crippen molar-refractivity contribution < 1.29 is 0 Å². The van der Waals surface area contributed by atoms with Gasteiger partial charge in [-0.25, -0.2) is 9.97 Å². The summed E-state index contributed by atoms with van der Waals surface area (Å²) in [6.45, 7) is 0. The topological polar surface area (TPSA) is 25.8 Å². The van der Waals surface area contributed by atoms with Crippen LogP contribution in [-0.4, -0.2) is 9.97 Å². The van der Waals surface area contributed by atoms with Gasteiger partial charge in [0.25, 0.3) is 0 Å². The first-order chi connectivity index (χ1) is 13.9. The molecule has 6 rings (SSSR count). The Hall–Kier alpha value is -3.08. The van der Waals surface area contributed by atoms with E-state index in [4.69, 9.17) is 0 Å². The molecule has 0 atom stereocenters. The zero-order valence-electron chi connectivity index (χ0n) is 14.8. The van der Waals surface area contributed by atoms with Crippen molar-refractivity contribution >= 4 is 55.0 Å². The maximum Gasteiger partial charge on any atom is 0.123 e. The van der Waals surface area contributed by atoms with E-state index in [0.29, 0.717) is 0 Å². The predicted molar refractivity (Wildman–Crippen MR) is 121 cm³/mol. The summed E-state index contributed by atoms with van der Waals surface area (Å²) in [6.07, 6.45) is 3.73. The molecule has 0 saturated carbocycles. The van der Waals surface area contributed by atoms with Crippen molar-refractivity contribution in [2.24, 2.45) is 0 Å². The summed E-state index contributed by atoms with van der Waals surface area (Å²) < 4.78 is 0. The standard InChI is InChI=1S/C24H14N2S2/c1-2-4-18-17(3-1)21-13-15(23-25-9-11-27-23)5-7-19(21)20-8-6-16(14-22(18)20)24-26-10-12-28-24/h1-14H. The number of aromatic nitrogens is 2. The first kappa shape index (κ1) is 15.9. The fraction of sp³-hybridized carbons (Fsp3) is 0. The van der Waals surface area contributed by atoms with Gasteiger partial charge in [0.1, 0.15) is 10.0 Å². The number of benzene rings is 4. The molecule has 0 radical (unpaired) electrons. The Morgan fingerprint density at radius 1 is 0.500 bits per heavy atom. The van der Waals surface area contributed by atoms with E-state index in [1.807, 2.05) is 23.2 Å². The number of hydrogen-bond donors (Lipinski definition) is 0. The van der Waals surface area contributed by atoms with Gasteiger partial charge in [0, 0.05) is 34.3 Å². The Morgan fingerprint density at radius 2 is 0.964 bits per heavy atom. The van der Waals surface area contributed by atoms with Gasteiger partial charge in [-0.05, 0) is 44.5 Å². The van der Waals surface area contributed by atoms with E-state index in [-0.39, 0.29) is 0 Å². The van der Waals surface area contributed by atoms with Gasteiger partial charge in [-0.2, -0.15) is 0 Å². The molecule has 0 amide bonds. The molecule has 0 saturated heterocycles. The minimum absolute atomic E-state index is 1.06. The summed E-state index contributed by atoms with van der Waals surface area (Å²) >= 11 is 3.35. The molecule has 6 aromatic rings. The highest BCUT2D eigenvalue weighted by Gasteiger charge is 2.12. The lowest BCUT2D eigenvalue weighted by Gasteiger charge is -2.12. The van der Waals surface area contributed by atoms with Crippen LogP contribution in [-0.2, 0) is 0 Å². The summed E-state index contributed by atoms with van der Waals surface area (Å²) in [7, 11) is 0. The molecule has 0 aliphatic heterocycles. The number of rotatable bonds is 2. The first-order valence-corrected chi connectivity index (χ1v) is 10.8. The molecule has 4 aromatic carbocycles. The molecule has 0 aliphatic rings. The van der Waals surface area contributed by atoms with Gasteiger partial charge in [0.2, 0.25) is 0 Å². The lowest BCUT2D eigenvalue weighted by Crippen LogP contribution is -1.86. The van der Waals surface area contributed by atoms with Gasteiger partial charge in [-0.1, -0.05) is 48.5 Å². The van der Waals surface area contributed by atoms with Crippen molar-refractivity contribution in [2.45, 2.75) is 0 Å². The largest absolute Gasteiger partial charge is 0.245 e. The molecule has 0 spiro atoms. The molecule has 132 valence electrons. The van der Waals surface area contributed by atoms with Gasteiger partial charge < -0.3 is 0 Å². The zero-order chi connectivity index (χ0) is 18.5. The van der Waals surface area contributed by atoms with Gasteiger partial charge in [0.05, 0.1) is 0 Å². The van der Waals surface area contributed by atoms with E-state index < -0.39 is 0 Å². The van der Waals surface area contributed by atoms with Gasteiger partial charge in [0.15, 0.2) is 0 Å². The summed E-state index contributed by atoms with van der Waals surface area (Å²) in [6, 6.07) is 22.1. The third-order valence-corrected chi connectivity index (χ3v) is 6.84. The Labute approximate surface area is 169 Å². The molecule has 28 heavy (non-hydrogen) atoms. The molecule has 2 aromatic heterocycles. The van der Waals surface area contributed by atoms with E-state index in [1.54, 1.807) is 22.7 Å². The molecule has 0 bridgehead atoms. The van der Waals surface area contributed by atoms with Crippen LogP contribution in [0, 0.1) is 0 Å². The number of hydrogen-bond acceptors (Lipinski definition) is 4. The number of thiazole rings is 2. The lowest BCUT2D eigenvalue weighted by molar-refractivity contribution is 1.42. The van der Waals surface area contributed by atoms with Gasteiger partial charge in [-0.3, -0.25) is 0 Å². The normalized spacial score (nSPS) is 11.6. The molecular weight excluding hydrogens is 380 g/mol. The second kappa shape index (κ2) is 6.23. The van der Waals surface area contributed by atoms with Crippen molar-refractivity contribution in [2.75, 3.05) is 0 Å². The second-order valence-electron chi connectivity index (χ2n) is 6.74. The predicted octanol–water partition coefficient (Wildman–Crippen LogP) is 7.39. The van der Waals surface area contributed by atoms with Crippen LogP contribution >= 0.6 is 22.7 Å². The van der Waals surface area contributed by atoms with Crippen LogP contribution in [0.3, 0.4) is 0 Å². The van der Waals surface area contributed by atoms with Crippen LogP contribution in [0.25, 0.3) is 53.5 Å². The van der Waals surface area contributed by atoms with Crippen molar-refractivity contribution in [1.29, 1.82) is 0 Å². The summed E-state index contributed by atoms with van der Waals surface area (Å²) in [4.78, 5) is 8.98. The minimum Gasteiger partial charge on any atom is -0.245 e. The molecule has 2 heterocycles. The van der Waals surface area contributed by atoms with Crippen molar-refractivity contribution in [3.8, 4) is 21.1 Å². The summed E-state index contributed by atoms with van der Waals surface area (Å²) in [5.41, 5.74) is 2.35. The average molecular weight is 395 g/mol. The van der Waals surface area contributed by atoms with E-state index in [9.17, 15) is 0 Å². The SMILES string of the molecule is c1ccc2c(c1)c1cc(-c3nccs3)ccc1c1ccc(-c3nccs3)cc21. The smallest absolute Gasteiger partial charge is 0.123 e. The van der Waals surface area contributed by atoms with Crippen molar-refractivity contribution in [3.63, 3.8) is 0 Å². The molecule has 0 aliphatic carbocycles. The molecular formula is C24H14N2S2. The lowest BCUT2D eigenvalue weighted by atomic mass is 9.92. The Morgan fingerprint density at radius 3 is 1.39 bits per heavy atom. The Bertz CT molecular complexity index is 1320. The number of fused-ring (bicyclic) bond motifs is 6. The van der Waals surface area contributed by atoms with Crippen LogP contribution in [0.5, 0.6) is 0 Å². The third-order valence-electron chi connectivity index (χ3n) is 5.20. The number of nitrogens with zero attached hydrogens (tertiary/aromatic N) is 2. The molecule has 4 heteroatoms. The van der Waals surface area contributed by atoms with E-state index in [2.05, 4.69) is 70.6 Å². The highest BCUT2D eigenvalue weighted by molar-refractivity contribution is 7.13. The van der Waals surface area contributed by atoms with Crippen LogP contribution < -0.4 is 0 Å². The second-order valence-corrected chi connectivity index (χ2v) is 8.53. The van der Waals surface area contributed by atoms with E-state index >= 15 is 0 Å². The van der Waals surface area contributed by atoms with Crippen molar-refractivity contribution in [1.82, 2.24) is 9.97 Å². The van der Waals surface area contributed by atoms with Gasteiger partial charge in [-0.15, -0.1) is 22.7 Å². The van der Waals surface area contributed by atoms with Crippen LogP contribution in [0.4, 0.5) is 0 Å².